The molecule has 0 amide bonds. The fourth-order valence-corrected chi connectivity index (χ4v) is 34.2. The van der Waals surface area contributed by atoms with Gasteiger partial charge in [0.15, 0.2) is 16.6 Å². The van der Waals surface area contributed by atoms with Gasteiger partial charge < -0.3 is 69.2 Å². The minimum Gasteiger partial charge on any atom is -0.494 e. The van der Waals surface area contributed by atoms with E-state index in [1.54, 1.807) is 140 Å². The second kappa shape index (κ2) is 64.3. The van der Waals surface area contributed by atoms with Gasteiger partial charge in [-0.05, 0) is 335 Å². The van der Waals surface area contributed by atoms with Crippen LogP contribution in [-0.2, 0) is 50.5 Å². The Balaban J connectivity index is 0.000000289. The maximum Gasteiger partial charge on any atom is 0.343 e. The lowest BCUT2D eigenvalue weighted by Crippen LogP contribution is -2.58. The molecule has 28 heteroatoms. The van der Waals surface area contributed by atoms with Crippen molar-refractivity contribution < 1.29 is 108 Å². The van der Waals surface area contributed by atoms with Crippen molar-refractivity contribution in [3.63, 3.8) is 0 Å². The number of benzene rings is 8. The van der Waals surface area contributed by atoms with E-state index in [4.69, 9.17) is 74.4 Å². The number of rotatable bonds is 57. The molecule has 1 aliphatic carbocycles. The molecule has 754 valence electrons. The van der Waals surface area contributed by atoms with Gasteiger partial charge in [-0.15, -0.1) is 0 Å². The van der Waals surface area contributed by atoms with Crippen LogP contribution in [0, 0.1) is 24.2 Å². The maximum absolute atomic E-state index is 12.6. The molecule has 0 bridgehead atoms. The summed E-state index contributed by atoms with van der Waals surface area (Å²) in [6.45, 7) is 43.5. The Morgan fingerprint density at radius 2 is 0.714 bits per heavy atom. The fraction of sp³-hybridized carbons (Fsp3) is 0.420. The lowest BCUT2D eigenvalue weighted by molar-refractivity contribution is -0.138. The number of nitrogens with zero attached hydrogens (tertiary/aromatic N) is 1. The van der Waals surface area contributed by atoms with Gasteiger partial charge in [-0.25, -0.2) is 38.4 Å². The van der Waals surface area contributed by atoms with Gasteiger partial charge in [-0.3, -0.25) is 0 Å². The zero-order chi connectivity index (χ0) is 102. The molecule has 140 heavy (non-hydrogen) atoms. The largest absolute Gasteiger partial charge is 0.494 e. The molecule has 1 fully saturated rings. The standard InChI is InChI=1S/C33H32O10.C31H40O5.C25H52O3Si4.C23H23NO5/c1-4-30(34)40-20-6-18-38-26-12-8-24(9-13-26)32(36)42-28-16-17-29(23(3)22-28)43-33(37)25-10-14-27(15-11-25)39-19-7-21-41-31(35)5-2;1-3-9-24-10-12-25(13-11-24)26-14-20-29(21-15-26)36-31(33)27-16-18-28(19-17-27)34-22-7-5-6-8-23-35-30(32)4-2;1-11-12-13-14-15-19-22-31(9,26-29(3,4)5)28-32(10,27-30(6,7)8)23-24(2)25-20-17-16-18-21-25;1-2-22(25)28-16-6-4-3-5-15-27-20-13-9-19(10-14-20)23(26)29-21-11-7-18(17-24)8-12-21/h4-5,8-17,22H,1-2,6-7,18-21H2,3H3;4,14-21,24-25H,2-3,5-13,22-23H2,1H3;16-18,20-21,24H,11-15,19,22-23H2,1-10H3;2,7-14H,1,3-6,15-16H2. The number of aryl methyl sites for hydroxylation is 1. The summed E-state index contributed by atoms with van der Waals surface area (Å²) < 4.78 is 85.0. The molecule has 0 N–H and O–H groups in total. The molecular weight excluding hydrogens is 1840 g/mol. The summed E-state index contributed by atoms with van der Waals surface area (Å²) in [6.07, 6.45) is 28.5. The fourth-order valence-electron chi connectivity index (χ4n) is 15.4. The maximum atomic E-state index is 12.6. The Bertz CT molecular complexity index is 5130. The summed E-state index contributed by atoms with van der Waals surface area (Å²) in [5.74, 6) is 2.32. The number of carbonyl (C=O) groups is 8. The molecule has 3 atom stereocenters. The monoisotopic (exact) mass is 1990 g/mol. The van der Waals surface area contributed by atoms with E-state index in [-0.39, 0.29) is 30.9 Å². The summed E-state index contributed by atoms with van der Waals surface area (Å²) >= 11 is 0. The van der Waals surface area contributed by atoms with Crippen LogP contribution in [0.2, 0.25) is 64.5 Å². The van der Waals surface area contributed by atoms with Crippen molar-refractivity contribution in [2.75, 3.05) is 52.9 Å². The van der Waals surface area contributed by atoms with Crippen LogP contribution in [0.25, 0.3) is 0 Å². The van der Waals surface area contributed by atoms with Crippen molar-refractivity contribution in [1.29, 1.82) is 5.26 Å². The van der Waals surface area contributed by atoms with Crippen LogP contribution in [0.15, 0.2) is 245 Å². The average Bonchev–Trinajstić information content (AvgIpc) is 0.797. The number of ether oxygens (including phenoxy) is 12. The smallest absolute Gasteiger partial charge is 0.343 e. The highest BCUT2D eigenvalue weighted by atomic mass is 28.5. The van der Waals surface area contributed by atoms with Crippen molar-refractivity contribution in [2.24, 2.45) is 5.92 Å². The van der Waals surface area contributed by atoms with Crippen molar-refractivity contribution in [3.8, 4) is 52.1 Å². The van der Waals surface area contributed by atoms with E-state index < -0.39 is 69.6 Å². The van der Waals surface area contributed by atoms with E-state index in [1.165, 1.54) is 100 Å². The normalized spacial score (nSPS) is 13.6. The summed E-state index contributed by atoms with van der Waals surface area (Å²) in [5, 5.41) is 8.78. The predicted octanol–water partition coefficient (Wildman–Crippen LogP) is 26.5. The first-order valence-electron chi connectivity index (χ1n) is 49.0. The third kappa shape index (κ3) is 48.2. The van der Waals surface area contributed by atoms with Crippen LogP contribution in [0.5, 0.6) is 46.0 Å². The minimum absolute atomic E-state index is 0.218. The highest BCUT2D eigenvalue weighted by Crippen LogP contribution is 2.40. The van der Waals surface area contributed by atoms with E-state index >= 15 is 0 Å². The predicted molar refractivity (Wildman–Crippen MR) is 558 cm³/mol. The Morgan fingerprint density at radius 1 is 0.371 bits per heavy atom. The number of nitriles is 1. The van der Waals surface area contributed by atoms with Crippen molar-refractivity contribution in [1.82, 2.24) is 0 Å². The SMILES string of the molecule is C=CC(=O)OCCCCCCOc1ccc(C(=O)Oc2ccc(C#N)cc2)cc1.C=CC(=O)OCCCCCCOc1ccc(C(=O)Oc2ccc(C3CCC(CCC)CC3)cc2)cc1.C=CC(=O)OCCCOc1ccc(C(=O)Oc2ccc(OC(=O)c3ccc(OCCCOC(=O)C=C)cc3)c(C)c2)cc1.CCCCCCCC[Si](C)(O[Si](C)(C)C)O[Si](C)(CC(C)c1ccccc1)O[Si](C)(C)C. The highest BCUT2D eigenvalue weighted by Gasteiger charge is 2.47. The molecule has 24 nitrogen and oxygen atoms in total. The molecule has 0 spiro atoms. The Labute approximate surface area is 834 Å². The molecular formula is C112H147NO23Si4. The Morgan fingerprint density at radius 3 is 1.10 bits per heavy atom. The molecule has 0 aromatic heterocycles. The molecule has 1 aliphatic rings. The van der Waals surface area contributed by atoms with Crippen molar-refractivity contribution in [2.45, 2.75) is 245 Å². The molecule has 0 aliphatic heterocycles. The van der Waals surface area contributed by atoms with Gasteiger partial charge in [-0.1, -0.05) is 141 Å². The van der Waals surface area contributed by atoms with Gasteiger partial charge in [0.25, 0.3) is 0 Å². The highest BCUT2D eigenvalue weighted by molar-refractivity contribution is 6.90. The van der Waals surface area contributed by atoms with Gasteiger partial charge >= 0.3 is 64.9 Å². The Hall–Kier alpha value is -12.1. The van der Waals surface area contributed by atoms with E-state index in [0.717, 1.165) is 93.4 Å². The molecule has 8 aromatic rings. The van der Waals surface area contributed by atoms with Crippen molar-refractivity contribution in [3.05, 3.63) is 289 Å². The average molecular weight is 1990 g/mol. The van der Waals surface area contributed by atoms with Crippen LogP contribution < -0.4 is 37.9 Å². The van der Waals surface area contributed by atoms with Gasteiger partial charge in [0.2, 0.25) is 0 Å². The second-order valence-corrected chi connectivity index (χ2v) is 52.9. The first kappa shape index (κ1) is 117. The van der Waals surface area contributed by atoms with Gasteiger partial charge in [-0.2, -0.15) is 5.26 Å². The lowest BCUT2D eigenvalue weighted by atomic mass is 9.77. The number of unbranched alkanes of at least 4 members (excludes halogenated alkanes) is 11. The molecule has 0 saturated heterocycles. The minimum atomic E-state index is -2.43. The molecule has 0 radical (unpaired) electrons. The number of carbonyl (C=O) groups excluding carboxylic acids is 8. The van der Waals surface area contributed by atoms with Crippen molar-refractivity contribution >= 4 is 81.5 Å². The third-order valence-electron chi connectivity index (χ3n) is 22.1. The zero-order valence-corrected chi connectivity index (χ0v) is 88.3. The molecule has 0 heterocycles. The van der Waals surface area contributed by atoms with E-state index in [1.807, 2.05) is 18.2 Å². The second-order valence-electron chi connectivity index (χ2n) is 36.5. The Kier molecular flexibility index (Phi) is 53.6. The van der Waals surface area contributed by atoms with Gasteiger partial charge in [0.05, 0.1) is 86.7 Å². The van der Waals surface area contributed by atoms with Crippen LogP contribution in [-0.4, -0.2) is 134 Å². The quantitative estimate of drug-likeness (QED) is 0.00854. The summed E-state index contributed by atoms with van der Waals surface area (Å²) in [7, 11) is -8.24. The van der Waals surface area contributed by atoms with Crippen LogP contribution in [0.3, 0.4) is 0 Å². The number of hydrogen-bond donors (Lipinski definition) is 0. The molecule has 1 saturated carbocycles. The third-order valence-corrected chi connectivity index (χ3v) is 36.5. The summed E-state index contributed by atoms with van der Waals surface area (Å²) in [6, 6.07) is 60.7. The van der Waals surface area contributed by atoms with E-state index in [9.17, 15) is 38.4 Å². The van der Waals surface area contributed by atoms with Crippen LogP contribution in [0.4, 0.5) is 0 Å². The summed E-state index contributed by atoms with van der Waals surface area (Å²) in [5.41, 5.74) is 5.38. The van der Waals surface area contributed by atoms with Crippen LogP contribution in [0.1, 0.15) is 238 Å². The van der Waals surface area contributed by atoms with Gasteiger partial charge in [0.1, 0.15) is 46.0 Å². The van der Waals surface area contributed by atoms with Crippen LogP contribution >= 0.6 is 0 Å². The topological polar surface area (TPSA) is 299 Å². The summed E-state index contributed by atoms with van der Waals surface area (Å²) in [4.78, 5) is 93.8. The number of esters is 8. The number of hydrogen-bond acceptors (Lipinski definition) is 24. The molecule has 3 unspecified atom stereocenters. The van der Waals surface area contributed by atoms with Gasteiger partial charge in [0, 0.05) is 37.1 Å². The lowest BCUT2D eigenvalue weighted by Gasteiger charge is -2.43. The first-order chi connectivity index (χ1) is 67.2. The van der Waals surface area contributed by atoms with E-state index in [2.05, 4.69) is 142 Å². The molecule has 8 aromatic carbocycles. The molecule has 9 rings (SSSR count). The zero-order valence-electron chi connectivity index (χ0n) is 84.3. The van der Waals surface area contributed by atoms with E-state index in [0.29, 0.717) is 132 Å². The first-order valence-corrected chi connectivity index (χ1v) is 60.9.